The molecule has 0 aromatic carbocycles. The summed E-state index contributed by atoms with van der Waals surface area (Å²) in [7, 11) is -4.08. The van der Waals surface area contributed by atoms with Crippen LogP contribution in [0.5, 0.6) is 0 Å². The summed E-state index contributed by atoms with van der Waals surface area (Å²) < 4.78 is 25.3. The third kappa shape index (κ3) is 93.8. The molecule has 0 aliphatic carbocycles. The van der Waals surface area contributed by atoms with E-state index in [1.54, 1.807) is 0 Å². The van der Waals surface area contributed by atoms with Crippen molar-refractivity contribution in [1.29, 1.82) is 0 Å². The minimum absolute atomic E-state index is 0. The summed E-state index contributed by atoms with van der Waals surface area (Å²) in [5, 5.41) is 0. The third-order valence-corrected chi connectivity index (χ3v) is 0. The van der Waals surface area contributed by atoms with Gasteiger partial charge in [-0.1, -0.05) is 0 Å². The first kappa shape index (κ1) is 9.99. The van der Waals surface area contributed by atoms with Crippen LogP contribution < -0.4 is 18.9 Å². The molecule has 6 heavy (non-hydrogen) atoms. The molecule has 0 aliphatic heterocycles. The van der Waals surface area contributed by atoms with Gasteiger partial charge in [-0.05, 0) is 11.2 Å². The van der Waals surface area contributed by atoms with Crippen molar-refractivity contribution in [1.82, 2.24) is 0 Å². The van der Waals surface area contributed by atoms with Crippen molar-refractivity contribution in [3.8, 4) is 0 Å². The molecule has 0 heterocycles. The Balaban J connectivity index is 0. The minimum Gasteiger partial charge on any atom is -0.748 e. The zero-order valence-electron chi connectivity index (χ0n) is 3.08. The summed E-state index contributed by atoms with van der Waals surface area (Å²) in [6.07, 6.45) is 0. The average Bonchev–Trinajstić information content (AvgIpc) is 0.722. The summed E-state index contributed by atoms with van der Waals surface area (Å²) in [6, 6.07) is 0. The Morgan fingerprint density at radius 1 is 1.83 bits per heavy atom. The summed E-state index contributed by atoms with van der Waals surface area (Å²) >= 11 is 3.35. The van der Waals surface area contributed by atoms with Crippen molar-refractivity contribution in [2.24, 2.45) is 0 Å². The fraction of sp³-hybridized carbons (Fsp3) is 0. The van der Waals surface area contributed by atoms with Gasteiger partial charge in [0.25, 0.3) is 0 Å². The Morgan fingerprint density at radius 2 is 1.83 bits per heavy atom. The summed E-state index contributed by atoms with van der Waals surface area (Å²) in [5.74, 6) is 0. The summed E-state index contributed by atoms with van der Waals surface area (Å²) in [6.45, 7) is 0. The van der Waals surface area contributed by atoms with Gasteiger partial charge in [0.1, 0.15) is 0 Å². The van der Waals surface area contributed by atoms with Gasteiger partial charge in [0.2, 0.25) is 0 Å². The van der Waals surface area contributed by atoms with Gasteiger partial charge in [-0.15, -0.1) is 0 Å². The van der Waals surface area contributed by atoms with Crippen molar-refractivity contribution in [3.05, 3.63) is 0 Å². The normalized spacial score (nSPS) is 17.7. The number of rotatable bonds is 0. The fourth-order valence-electron chi connectivity index (χ4n) is 0. The molecule has 32 valence electrons. The molecular formula is HLiO3S2. The molecule has 0 saturated heterocycles. The maximum Gasteiger partial charge on any atom is 1.00 e. The maximum atomic E-state index is 9.00. The van der Waals surface area contributed by atoms with Crippen LogP contribution in [0.1, 0.15) is 0 Å². The first-order valence-electron chi connectivity index (χ1n) is 0.683. The third-order valence-electron chi connectivity index (χ3n) is 0. The van der Waals surface area contributed by atoms with E-state index in [0.29, 0.717) is 0 Å². The Morgan fingerprint density at radius 3 is 1.83 bits per heavy atom. The van der Waals surface area contributed by atoms with Gasteiger partial charge in [-0.2, -0.15) is 0 Å². The minimum atomic E-state index is -4.08. The predicted octanol–water partition coefficient (Wildman–Crippen LogP) is -3.66. The molecular weight excluding hydrogens is 119 g/mol. The van der Waals surface area contributed by atoms with Gasteiger partial charge >= 0.3 is 18.9 Å². The van der Waals surface area contributed by atoms with Crippen LogP contribution in [0.2, 0.25) is 0 Å². The largest absolute Gasteiger partial charge is 1.00 e. The van der Waals surface area contributed by atoms with E-state index in [2.05, 4.69) is 11.2 Å². The summed E-state index contributed by atoms with van der Waals surface area (Å²) in [4.78, 5) is 0. The number of hydrogen-bond donors (Lipinski definition) is 1. The fourth-order valence-corrected chi connectivity index (χ4v) is 0. The SMILES string of the molecule is O=S([O-])(O)=S.[Li+]. The van der Waals surface area contributed by atoms with E-state index in [1.165, 1.54) is 0 Å². The van der Waals surface area contributed by atoms with Crippen LogP contribution in [0.3, 0.4) is 0 Å². The second-order valence-electron chi connectivity index (χ2n) is 0.428. The van der Waals surface area contributed by atoms with E-state index in [9.17, 15) is 0 Å². The molecule has 0 amide bonds. The quantitative estimate of drug-likeness (QED) is 0.335. The standard InChI is InChI=1S/Li.H2O3S2/c;1-5(2,3)4/h;(H2,1,2,3,4)/q+1;/p-1. The second kappa shape index (κ2) is 2.96. The van der Waals surface area contributed by atoms with Gasteiger partial charge in [0, 0.05) is 0 Å². The first-order chi connectivity index (χ1) is 2.00. The topological polar surface area (TPSA) is 60.4 Å². The van der Waals surface area contributed by atoms with Gasteiger partial charge in [-0.3, -0.25) is 0 Å². The molecule has 6 heteroatoms. The van der Waals surface area contributed by atoms with Gasteiger partial charge < -0.3 is 9.11 Å². The Labute approximate surface area is 52.6 Å². The monoisotopic (exact) mass is 120 g/mol. The zero-order chi connectivity index (χ0) is 4.50. The Bertz CT molecular complexity index is 92.0. The Kier molecular flexibility index (Phi) is 4.94. The van der Waals surface area contributed by atoms with Crippen LogP contribution in [0.25, 0.3) is 0 Å². The average molecular weight is 120 g/mol. The molecule has 0 aromatic rings. The zero-order valence-corrected chi connectivity index (χ0v) is 4.71. The molecule has 3 nitrogen and oxygen atoms in total. The molecule has 0 fully saturated rings. The summed E-state index contributed by atoms with van der Waals surface area (Å²) in [5.41, 5.74) is 0. The maximum absolute atomic E-state index is 9.00. The molecule has 0 spiro atoms. The molecule has 0 bridgehead atoms. The van der Waals surface area contributed by atoms with E-state index in [0.717, 1.165) is 0 Å². The number of hydrogen-bond acceptors (Lipinski definition) is 3. The van der Waals surface area contributed by atoms with Crippen molar-refractivity contribution in [3.63, 3.8) is 0 Å². The van der Waals surface area contributed by atoms with Gasteiger partial charge in [0.05, 0.1) is 9.05 Å². The molecule has 1 atom stereocenters. The van der Waals surface area contributed by atoms with Crippen molar-refractivity contribution >= 4 is 20.2 Å². The van der Waals surface area contributed by atoms with Crippen LogP contribution in [-0.2, 0) is 20.2 Å². The first-order valence-corrected chi connectivity index (χ1v) is 3.05. The Hall–Kier alpha value is 0.887. The van der Waals surface area contributed by atoms with Crippen LogP contribution in [0.15, 0.2) is 0 Å². The smallest absolute Gasteiger partial charge is 0.748 e. The second-order valence-corrected chi connectivity index (χ2v) is 2.55. The van der Waals surface area contributed by atoms with Crippen LogP contribution in [0, 0.1) is 0 Å². The van der Waals surface area contributed by atoms with Crippen LogP contribution in [-0.4, -0.2) is 13.3 Å². The molecule has 1 N–H and O–H groups in total. The molecule has 0 rings (SSSR count). The van der Waals surface area contributed by atoms with E-state index in [4.69, 9.17) is 13.3 Å². The van der Waals surface area contributed by atoms with Crippen molar-refractivity contribution in [2.75, 3.05) is 0 Å². The van der Waals surface area contributed by atoms with Gasteiger partial charge in [-0.25, -0.2) is 4.21 Å². The van der Waals surface area contributed by atoms with Crippen molar-refractivity contribution in [2.45, 2.75) is 0 Å². The molecule has 1 unspecified atom stereocenters. The van der Waals surface area contributed by atoms with E-state index < -0.39 is 9.05 Å². The van der Waals surface area contributed by atoms with Crippen LogP contribution >= 0.6 is 0 Å². The van der Waals surface area contributed by atoms with E-state index in [1.807, 2.05) is 0 Å². The molecule has 0 aromatic heterocycles. The van der Waals surface area contributed by atoms with E-state index in [-0.39, 0.29) is 18.9 Å². The van der Waals surface area contributed by atoms with Crippen molar-refractivity contribution < 1.29 is 32.2 Å². The molecule has 0 saturated carbocycles. The van der Waals surface area contributed by atoms with Crippen LogP contribution in [0.4, 0.5) is 0 Å². The predicted molar refractivity (Wildman–Crippen MR) is 18.9 cm³/mol. The van der Waals surface area contributed by atoms with E-state index >= 15 is 0 Å². The molecule has 0 radical (unpaired) electrons. The van der Waals surface area contributed by atoms with Gasteiger partial charge in [0.15, 0.2) is 0 Å². The molecule has 0 aliphatic rings.